The summed E-state index contributed by atoms with van der Waals surface area (Å²) in [6.07, 6.45) is 1.44. The molecule has 0 atom stereocenters. The highest BCUT2D eigenvalue weighted by atomic mass is 16.2. The van der Waals surface area contributed by atoms with Crippen molar-refractivity contribution >= 4 is 17.1 Å². The first-order valence-corrected chi connectivity index (χ1v) is 7.47. The lowest BCUT2D eigenvalue weighted by Gasteiger charge is -2.32. The maximum Gasteiger partial charge on any atom is 0.332 e. The number of aromatic nitrogens is 4. The summed E-state index contributed by atoms with van der Waals surface area (Å²) in [5, 5.41) is 0. The third-order valence-corrected chi connectivity index (χ3v) is 4.38. The van der Waals surface area contributed by atoms with Crippen molar-refractivity contribution in [2.75, 3.05) is 33.2 Å². The number of carbonyl (C=O) groups excluding carboxylic acids is 1. The molecule has 2 aromatic heterocycles. The molecule has 3 heterocycles. The van der Waals surface area contributed by atoms with Crippen molar-refractivity contribution in [1.82, 2.24) is 28.5 Å². The van der Waals surface area contributed by atoms with Crippen molar-refractivity contribution in [3.05, 3.63) is 27.2 Å². The molecule has 0 saturated carbocycles. The zero-order chi connectivity index (χ0) is 16.7. The van der Waals surface area contributed by atoms with Crippen LogP contribution in [0.2, 0.25) is 0 Å². The molecule has 2 aromatic rings. The lowest BCUT2D eigenvalue weighted by molar-refractivity contribution is -0.133. The molecule has 9 nitrogen and oxygen atoms in total. The molecule has 9 heteroatoms. The zero-order valence-electron chi connectivity index (χ0n) is 13.5. The molecule has 0 bridgehead atoms. The molecule has 0 radical (unpaired) electrons. The second kappa shape index (κ2) is 5.65. The predicted molar refractivity (Wildman–Crippen MR) is 84.3 cm³/mol. The van der Waals surface area contributed by atoms with Gasteiger partial charge in [-0.1, -0.05) is 0 Å². The zero-order valence-corrected chi connectivity index (χ0v) is 13.5. The summed E-state index contributed by atoms with van der Waals surface area (Å²) in [6, 6.07) is 0. The molecule has 1 saturated heterocycles. The van der Waals surface area contributed by atoms with Crippen LogP contribution in [-0.4, -0.2) is 67.6 Å². The highest BCUT2D eigenvalue weighted by Crippen LogP contribution is 2.07. The average Bonchev–Trinajstić information content (AvgIpc) is 2.95. The molecular weight excluding hydrogens is 300 g/mol. The summed E-state index contributed by atoms with van der Waals surface area (Å²) in [5.41, 5.74) is -0.300. The molecule has 3 rings (SSSR count). The van der Waals surface area contributed by atoms with E-state index in [-0.39, 0.29) is 18.0 Å². The van der Waals surface area contributed by atoms with Gasteiger partial charge in [0.2, 0.25) is 5.91 Å². The van der Waals surface area contributed by atoms with Gasteiger partial charge in [0.05, 0.1) is 6.33 Å². The number of nitrogens with zero attached hydrogens (tertiary/aromatic N) is 6. The lowest BCUT2D eigenvalue weighted by Crippen LogP contribution is -2.48. The fourth-order valence-electron chi connectivity index (χ4n) is 2.82. The third kappa shape index (κ3) is 2.56. The van der Waals surface area contributed by atoms with E-state index in [1.54, 1.807) is 11.9 Å². The summed E-state index contributed by atoms with van der Waals surface area (Å²) in [6.45, 7) is 3.09. The van der Waals surface area contributed by atoms with Crippen molar-refractivity contribution in [2.45, 2.75) is 6.54 Å². The summed E-state index contributed by atoms with van der Waals surface area (Å²) < 4.78 is 3.87. The van der Waals surface area contributed by atoms with Crippen molar-refractivity contribution in [3.8, 4) is 0 Å². The van der Waals surface area contributed by atoms with Gasteiger partial charge in [0.15, 0.2) is 11.2 Å². The summed E-state index contributed by atoms with van der Waals surface area (Å²) >= 11 is 0. The van der Waals surface area contributed by atoms with Crippen LogP contribution in [0.1, 0.15) is 0 Å². The SMILES string of the molecule is CN1CCN(C(=O)Cn2cnc3c2c(=O)n(C)c(=O)n3C)CC1. The van der Waals surface area contributed by atoms with Gasteiger partial charge < -0.3 is 14.4 Å². The maximum absolute atomic E-state index is 12.4. The van der Waals surface area contributed by atoms with E-state index in [0.29, 0.717) is 18.7 Å². The van der Waals surface area contributed by atoms with Crippen LogP contribution >= 0.6 is 0 Å². The molecule has 1 amide bonds. The van der Waals surface area contributed by atoms with E-state index >= 15 is 0 Å². The fraction of sp³-hybridized carbons (Fsp3) is 0.571. The number of imidazole rings is 1. The van der Waals surface area contributed by atoms with Gasteiger partial charge in [0.25, 0.3) is 5.56 Å². The monoisotopic (exact) mass is 320 g/mol. The van der Waals surface area contributed by atoms with Gasteiger partial charge in [0.1, 0.15) is 6.54 Å². The van der Waals surface area contributed by atoms with E-state index in [0.717, 1.165) is 17.7 Å². The Labute approximate surface area is 132 Å². The number of hydrogen-bond donors (Lipinski definition) is 0. The van der Waals surface area contributed by atoms with E-state index in [4.69, 9.17) is 0 Å². The Morgan fingerprint density at radius 1 is 1.09 bits per heavy atom. The molecule has 1 fully saturated rings. The number of hydrogen-bond acceptors (Lipinski definition) is 5. The van der Waals surface area contributed by atoms with Gasteiger partial charge in [-0.3, -0.25) is 18.7 Å². The van der Waals surface area contributed by atoms with Gasteiger partial charge in [-0.15, -0.1) is 0 Å². The van der Waals surface area contributed by atoms with Gasteiger partial charge in [-0.2, -0.15) is 0 Å². The Morgan fingerprint density at radius 3 is 2.39 bits per heavy atom. The average molecular weight is 320 g/mol. The molecule has 0 unspecified atom stereocenters. The summed E-state index contributed by atoms with van der Waals surface area (Å²) in [5.74, 6) is -0.0479. The highest BCUT2D eigenvalue weighted by Gasteiger charge is 2.21. The smallest absolute Gasteiger partial charge is 0.332 e. The fourth-order valence-corrected chi connectivity index (χ4v) is 2.82. The van der Waals surface area contributed by atoms with Gasteiger partial charge >= 0.3 is 5.69 Å². The van der Waals surface area contributed by atoms with Gasteiger partial charge in [-0.25, -0.2) is 9.78 Å². The van der Waals surface area contributed by atoms with E-state index < -0.39 is 11.2 Å². The Balaban J connectivity index is 1.94. The Bertz CT molecular complexity index is 869. The van der Waals surface area contributed by atoms with Crippen molar-refractivity contribution in [1.29, 1.82) is 0 Å². The van der Waals surface area contributed by atoms with Crippen LogP contribution in [0, 0.1) is 0 Å². The second-order valence-electron chi connectivity index (χ2n) is 5.93. The molecule has 23 heavy (non-hydrogen) atoms. The largest absolute Gasteiger partial charge is 0.339 e. The first kappa shape index (κ1) is 15.5. The lowest BCUT2D eigenvalue weighted by atomic mass is 10.3. The number of amides is 1. The molecule has 1 aliphatic rings. The number of carbonyl (C=O) groups is 1. The van der Waals surface area contributed by atoms with E-state index in [1.807, 2.05) is 7.05 Å². The van der Waals surface area contributed by atoms with Crippen LogP contribution < -0.4 is 11.2 Å². The summed E-state index contributed by atoms with van der Waals surface area (Å²) in [7, 11) is 5.00. The molecule has 1 aliphatic heterocycles. The molecule has 0 aromatic carbocycles. The van der Waals surface area contributed by atoms with Crippen LogP contribution in [0.25, 0.3) is 11.2 Å². The van der Waals surface area contributed by atoms with Crippen LogP contribution in [0.15, 0.2) is 15.9 Å². The standard InChI is InChI=1S/C14H20N6O3/c1-16-4-6-19(7-5-16)10(21)8-20-9-15-12-11(20)13(22)18(3)14(23)17(12)2/h9H,4-8H2,1-3H3. The Hall–Kier alpha value is -2.42. The number of likely N-dealkylation sites (N-methyl/N-ethyl adjacent to an activating group) is 1. The highest BCUT2D eigenvalue weighted by molar-refractivity contribution is 5.79. The Morgan fingerprint density at radius 2 is 1.74 bits per heavy atom. The van der Waals surface area contributed by atoms with Crippen molar-refractivity contribution in [2.24, 2.45) is 14.1 Å². The van der Waals surface area contributed by atoms with E-state index in [1.165, 1.54) is 22.5 Å². The molecule has 0 aliphatic carbocycles. The maximum atomic E-state index is 12.4. The minimum Gasteiger partial charge on any atom is -0.339 e. The van der Waals surface area contributed by atoms with Crippen LogP contribution in [0.3, 0.4) is 0 Å². The van der Waals surface area contributed by atoms with Crippen LogP contribution in [0.4, 0.5) is 0 Å². The number of fused-ring (bicyclic) bond motifs is 1. The van der Waals surface area contributed by atoms with E-state index in [2.05, 4.69) is 9.88 Å². The predicted octanol–water partition coefficient (Wildman–Crippen LogP) is -1.79. The summed E-state index contributed by atoms with van der Waals surface area (Å²) in [4.78, 5) is 44.8. The first-order chi connectivity index (χ1) is 10.9. The van der Waals surface area contributed by atoms with Crippen LogP contribution in [0.5, 0.6) is 0 Å². The number of rotatable bonds is 2. The second-order valence-corrected chi connectivity index (χ2v) is 5.93. The Kier molecular flexibility index (Phi) is 3.80. The first-order valence-electron chi connectivity index (χ1n) is 7.47. The third-order valence-electron chi connectivity index (χ3n) is 4.38. The molecular formula is C14H20N6O3. The number of aryl methyl sites for hydroxylation is 1. The normalized spacial score (nSPS) is 16.2. The van der Waals surface area contributed by atoms with Gasteiger partial charge in [-0.05, 0) is 7.05 Å². The number of piperazine rings is 1. The van der Waals surface area contributed by atoms with Gasteiger partial charge in [0, 0.05) is 40.3 Å². The molecule has 0 N–H and O–H groups in total. The van der Waals surface area contributed by atoms with Crippen LogP contribution in [-0.2, 0) is 25.4 Å². The van der Waals surface area contributed by atoms with Crippen molar-refractivity contribution < 1.29 is 4.79 Å². The van der Waals surface area contributed by atoms with Crippen molar-refractivity contribution in [3.63, 3.8) is 0 Å². The topological polar surface area (TPSA) is 85.4 Å². The minimum absolute atomic E-state index is 0.0479. The van der Waals surface area contributed by atoms with E-state index in [9.17, 15) is 14.4 Å². The molecule has 124 valence electrons. The quantitative estimate of drug-likeness (QED) is 0.652. The minimum atomic E-state index is -0.438. The molecule has 0 spiro atoms.